The minimum Gasteiger partial charge on any atom is -0.870 e. The predicted molar refractivity (Wildman–Crippen MR) is 61.2 cm³/mol. The van der Waals surface area contributed by atoms with Crippen molar-refractivity contribution < 1.29 is 31.3 Å². The van der Waals surface area contributed by atoms with Gasteiger partial charge in [-0.1, -0.05) is 10.7 Å². The van der Waals surface area contributed by atoms with Gasteiger partial charge in [0.05, 0.1) is 0 Å². The number of nitrogens with zero attached hydrogens (tertiary/aromatic N) is 2. The SMILES string of the molecule is N#C/C(=N\OS(=O)(=O)C(F)(F)F)c1cc[c-]cc1.[Mg+2].[OH-]. The van der Waals surface area contributed by atoms with Gasteiger partial charge in [-0.3, -0.25) is 4.28 Å². The zero-order valence-corrected chi connectivity index (χ0v) is 11.9. The molecule has 0 amide bonds. The van der Waals surface area contributed by atoms with Crippen molar-refractivity contribution in [1.82, 2.24) is 0 Å². The first kappa shape index (κ1) is 21.0. The molecule has 0 aromatic heterocycles. The molecule has 0 bridgehead atoms. The van der Waals surface area contributed by atoms with Crippen LogP contribution in [0.4, 0.5) is 13.2 Å². The zero-order valence-electron chi connectivity index (χ0n) is 9.63. The van der Waals surface area contributed by atoms with E-state index < -0.39 is 21.3 Å². The standard InChI is InChI=1S/C9H4F3N2O3S.Mg.H2O/c10-9(11,12)18(15,16)17-14-8(6-13)7-4-2-1-3-5-7;;/h2-5H;;1H2/q-1;+2;/p-1/b14-8+;;. The van der Waals surface area contributed by atoms with Gasteiger partial charge in [0, 0.05) is 0 Å². The van der Waals surface area contributed by atoms with E-state index >= 15 is 0 Å². The molecule has 0 saturated heterocycles. The van der Waals surface area contributed by atoms with Crippen LogP contribution in [0.3, 0.4) is 0 Å². The average molecular weight is 319 g/mol. The molecule has 0 unspecified atom stereocenters. The van der Waals surface area contributed by atoms with Crippen LogP contribution < -0.4 is 0 Å². The number of benzene rings is 1. The van der Waals surface area contributed by atoms with Gasteiger partial charge in [0.1, 0.15) is 6.07 Å². The van der Waals surface area contributed by atoms with Gasteiger partial charge in [-0.05, 0) is 0 Å². The van der Waals surface area contributed by atoms with E-state index in [1.165, 1.54) is 30.3 Å². The Morgan fingerprint density at radius 3 is 2.25 bits per heavy atom. The van der Waals surface area contributed by atoms with Gasteiger partial charge in [-0.15, -0.1) is 0 Å². The van der Waals surface area contributed by atoms with Gasteiger partial charge < -0.3 is 5.48 Å². The zero-order chi connectivity index (χ0) is 13.8. The average Bonchev–Trinajstić information content (AvgIpc) is 2.29. The van der Waals surface area contributed by atoms with Gasteiger partial charge in [0.2, 0.25) is 0 Å². The third-order valence-electron chi connectivity index (χ3n) is 1.61. The summed E-state index contributed by atoms with van der Waals surface area (Å²) in [6, 6.07) is 9.40. The first-order valence-electron chi connectivity index (χ1n) is 4.22. The number of halogens is 3. The number of hydrogen-bond acceptors (Lipinski definition) is 6. The Labute approximate surface area is 128 Å². The van der Waals surface area contributed by atoms with Crippen LogP contribution in [0.1, 0.15) is 5.56 Å². The van der Waals surface area contributed by atoms with E-state index in [2.05, 4.69) is 15.5 Å². The molecule has 0 aliphatic carbocycles. The molecular weight excluding hydrogens is 313 g/mol. The van der Waals surface area contributed by atoms with Gasteiger partial charge in [-0.25, -0.2) is 0 Å². The Bertz CT molecular complexity index is 596. The summed E-state index contributed by atoms with van der Waals surface area (Å²) in [6.45, 7) is 0. The Morgan fingerprint density at radius 2 is 1.85 bits per heavy atom. The molecule has 1 aromatic rings. The molecule has 0 fully saturated rings. The minimum absolute atomic E-state index is 0. The summed E-state index contributed by atoms with van der Waals surface area (Å²) in [4.78, 5) is 0. The number of alkyl halides is 3. The van der Waals surface area contributed by atoms with Crippen molar-refractivity contribution in [3.63, 3.8) is 0 Å². The van der Waals surface area contributed by atoms with Crippen LogP contribution in [0.25, 0.3) is 0 Å². The molecule has 0 spiro atoms. The maximum atomic E-state index is 11.9. The molecule has 6 nitrogen and oxygen atoms in total. The monoisotopic (exact) mass is 318 g/mol. The molecule has 0 atom stereocenters. The maximum Gasteiger partial charge on any atom is 2.00 e. The van der Waals surface area contributed by atoms with Gasteiger partial charge in [0.25, 0.3) is 0 Å². The molecule has 0 aliphatic rings. The summed E-state index contributed by atoms with van der Waals surface area (Å²) in [7, 11) is -5.86. The van der Waals surface area contributed by atoms with Crippen molar-refractivity contribution in [3.8, 4) is 6.07 Å². The Balaban J connectivity index is 0. The first-order valence-corrected chi connectivity index (χ1v) is 5.63. The fraction of sp³-hybridized carbons (Fsp3) is 0.111. The number of hydrogen-bond donors (Lipinski definition) is 0. The summed E-state index contributed by atoms with van der Waals surface area (Å²) in [5.41, 5.74) is -6.09. The van der Waals surface area contributed by atoms with E-state index in [9.17, 15) is 21.6 Å². The summed E-state index contributed by atoms with van der Waals surface area (Å²) in [6.07, 6.45) is 0. The van der Waals surface area contributed by atoms with Crippen molar-refractivity contribution in [2.75, 3.05) is 0 Å². The van der Waals surface area contributed by atoms with E-state index in [0.717, 1.165) is 0 Å². The van der Waals surface area contributed by atoms with E-state index in [1.807, 2.05) is 0 Å². The number of rotatable bonds is 3. The maximum absolute atomic E-state index is 11.9. The topological polar surface area (TPSA) is 110 Å². The van der Waals surface area contributed by atoms with Crippen LogP contribution in [0, 0.1) is 17.4 Å². The normalized spacial score (nSPS) is 11.6. The largest absolute Gasteiger partial charge is 2.00 e. The predicted octanol–water partition coefficient (Wildman–Crippen LogP) is 1.02. The molecule has 0 aliphatic heterocycles. The molecule has 11 heteroatoms. The van der Waals surface area contributed by atoms with Crippen LogP contribution in [-0.4, -0.2) is 48.2 Å². The molecule has 20 heavy (non-hydrogen) atoms. The Hall–Kier alpha value is -1.35. The van der Waals surface area contributed by atoms with E-state index in [1.54, 1.807) is 0 Å². The van der Waals surface area contributed by atoms with Crippen molar-refractivity contribution in [1.29, 1.82) is 5.26 Å². The first-order chi connectivity index (χ1) is 8.28. The summed E-state index contributed by atoms with van der Waals surface area (Å²) in [5.74, 6) is 0. The van der Waals surface area contributed by atoms with Gasteiger partial charge in [-0.2, -0.15) is 57.2 Å². The third-order valence-corrected chi connectivity index (χ3v) is 2.45. The fourth-order valence-electron chi connectivity index (χ4n) is 0.811. The smallest absolute Gasteiger partial charge is 0.870 e. The fourth-order valence-corrected chi connectivity index (χ4v) is 1.07. The third kappa shape index (κ3) is 5.33. The molecular formula is C9H5F3MgN2O4S. The number of nitriles is 1. The van der Waals surface area contributed by atoms with Crippen LogP contribution in [-0.2, 0) is 14.4 Å². The van der Waals surface area contributed by atoms with E-state index in [4.69, 9.17) is 5.26 Å². The summed E-state index contributed by atoms with van der Waals surface area (Å²) >= 11 is 0. The van der Waals surface area contributed by atoms with Crippen molar-refractivity contribution in [2.45, 2.75) is 5.51 Å². The van der Waals surface area contributed by atoms with E-state index in [-0.39, 0.29) is 34.1 Å². The van der Waals surface area contributed by atoms with Crippen LogP contribution in [0.15, 0.2) is 29.4 Å². The molecule has 1 N–H and O–H groups in total. The molecule has 104 valence electrons. The van der Waals surface area contributed by atoms with Crippen molar-refractivity contribution in [2.24, 2.45) is 5.16 Å². The van der Waals surface area contributed by atoms with Crippen LogP contribution in [0.2, 0.25) is 0 Å². The van der Waals surface area contributed by atoms with E-state index in [0.29, 0.717) is 0 Å². The minimum atomic E-state index is -5.86. The summed E-state index contributed by atoms with van der Waals surface area (Å²) in [5, 5.41) is 11.3. The van der Waals surface area contributed by atoms with Crippen molar-refractivity contribution in [3.05, 3.63) is 35.9 Å². The Morgan fingerprint density at radius 1 is 1.35 bits per heavy atom. The second kappa shape index (κ2) is 8.05. The van der Waals surface area contributed by atoms with Gasteiger partial charge in [0.15, 0.2) is 5.71 Å². The molecule has 1 aromatic carbocycles. The second-order valence-electron chi connectivity index (χ2n) is 2.81. The molecule has 0 saturated carbocycles. The molecule has 0 heterocycles. The van der Waals surface area contributed by atoms with Gasteiger partial charge >= 0.3 is 38.7 Å². The second-order valence-corrected chi connectivity index (χ2v) is 4.34. The molecule has 0 radical (unpaired) electrons. The van der Waals surface area contributed by atoms with Crippen LogP contribution in [0.5, 0.6) is 0 Å². The molecule has 1 rings (SSSR count). The van der Waals surface area contributed by atoms with Crippen LogP contribution >= 0.6 is 0 Å². The number of oxime groups is 1. The summed E-state index contributed by atoms with van der Waals surface area (Å²) < 4.78 is 60.2. The quantitative estimate of drug-likeness (QED) is 0.272. The Kier molecular flexibility index (Phi) is 8.43. The van der Waals surface area contributed by atoms with Crippen molar-refractivity contribution >= 4 is 38.9 Å².